The first-order valence-corrected chi connectivity index (χ1v) is 9.51. The first kappa shape index (κ1) is 23.0. The molecule has 0 saturated carbocycles. The number of likely N-dealkylation sites (N-methyl/N-ethyl adjacent to an activating group) is 1. The molecule has 2 aromatic rings. The molecule has 2 N–H and O–H groups in total. The molecule has 0 aliphatic heterocycles. The van der Waals surface area contributed by atoms with E-state index >= 15 is 0 Å². The Labute approximate surface area is 177 Å². The molecule has 8 nitrogen and oxygen atoms in total. The number of methoxy groups -OCH3 is 2. The highest BCUT2D eigenvalue weighted by Gasteiger charge is 2.19. The van der Waals surface area contributed by atoms with Gasteiger partial charge in [-0.25, -0.2) is 0 Å². The topological polar surface area (TPSA) is 83.1 Å². The molecule has 2 rings (SSSR count). The molecule has 0 aromatic heterocycles. The fourth-order valence-corrected chi connectivity index (χ4v) is 2.96. The Morgan fingerprint density at radius 2 is 1.53 bits per heavy atom. The largest absolute Gasteiger partial charge is 0.493 e. The number of hydrogen-bond donors (Lipinski definition) is 2. The van der Waals surface area contributed by atoms with E-state index in [4.69, 9.17) is 9.47 Å². The van der Waals surface area contributed by atoms with Crippen LogP contribution in [0.5, 0.6) is 11.5 Å². The molecule has 2 aromatic carbocycles. The molecule has 0 bridgehead atoms. The van der Waals surface area contributed by atoms with E-state index in [1.54, 1.807) is 18.2 Å². The number of benzene rings is 2. The molecule has 0 fully saturated rings. The van der Waals surface area contributed by atoms with E-state index < -0.39 is 11.8 Å². The predicted octanol–water partition coefficient (Wildman–Crippen LogP) is 2.13. The zero-order valence-corrected chi connectivity index (χ0v) is 18.4. The van der Waals surface area contributed by atoms with Gasteiger partial charge in [-0.15, -0.1) is 0 Å². The summed E-state index contributed by atoms with van der Waals surface area (Å²) in [6.07, 6.45) is 0. The van der Waals surface area contributed by atoms with Crippen LogP contribution in [0.4, 0.5) is 11.4 Å². The van der Waals surface area contributed by atoms with Crippen molar-refractivity contribution in [1.29, 1.82) is 0 Å². The van der Waals surface area contributed by atoms with Gasteiger partial charge in [-0.3, -0.25) is 9.59 Å². The first-order valence-electron chi connectivity index (χ1n) is 9.51. The number of anilines is 2. The van der Waals surface area contributed by atoms with Crippen LogP contribution in [0.25, 0.3) is 0 Å². The number of nitrogens with one attached hydrogen (secondary N) is 2. The molecule has 0 spiro atoms. The average Bonchev–Trinajstić information content (AvgIpc) is 2.73. The molecule has 1 atom stereocenters. The summed E-state index contributed by atoms with van der Waals surface area (Å²) >= 11 is 0. The molecule has 0 saturated heterocycles. The van der Waals surface area contributed by atoms with Gasteiger partial charge in [0.2, 0.25) is 0 Å². The number of carbonyl (C=O) groups is 2. The summed E-state index contributed by atoms with van der Waals surface area (Å²) in [7, 11) is 10.9. The van der Waals surface area contributed by atoms with Gasteiger partial charge in [0.15, 0.2) is 11.5 Å². The summed E-state index contributed by atoms with van der Waals surface area (Å²) in [6.45, 7) is 0.298. The summed E-state index contributed by atoms with van der Waals surface area (Å²) < 4.78 is 10.4. The van der Waals surface area contributed by atoms with Crippen LogP contribution in [0.15, 0.2) is 42.5 Å². The lowest BCUT2D eigenvalue weighted by molar-refractivity contribution is -0.136. The van der Waals surface area contributed by atoms with Crippen molar-refractivity contribution in [3.05, 3.63) is 48.0 Å². The van der Waals surface area contributed by atoms with Crippen molar-refractivity contribution in [1.82, 2.24) is 10.2 Å². The fraction of sp³-hybridized carbons (Fsp3) is 0.364. The maximum Gasteiger partial charge on any atom is 0.313 e. The van der Waals surface area contributed by atoms with E-state index in [0.29, 0.717) is 23.7 Å². The van der Waals surface area contributed by atoms with Crippen molar-refractivity contribution >= 4 is 23.2 Å². The molecule has 0 aliphatic carbocycles. The number of hydrogen-bond acceptors (Lipinski definition) is 6. The van der Waals surface area contributed by atoms with E-state index in [9.17, 15) is 9.59 Å². The first-order chi connectivity index (χ1) is 14.3. The molecular formula is C22H30N4O4. The van der Waals surface area contributed by atoms with Crippen LogP contribution in [0.2, 0.25) is 0 Å². The molecule has 0 radical (unpaired) electrons. The lowest BCUT2D eigenvalue weighted by atomic mass is 10.1. The number of rotatable bonds is 8. The van der Waals surface area contributed by atoms with Gasteiger partial charge in [-0.05, 0) is 43.9 Å². The lowest BCUT2D eigenvalue weighted by Gasteiger charge is -2.25. The summed E-state index contributed by atoms with van der Waals surface area (Å²) in [5.74, 6) is -0.456. The quantitative estimate of drug-likeness (QED) is 0.644. The third kappa shape index (κ3) is 5.87. The third-order valence-electron chi connectivity index (χ3n) is 4.72. The van der Waals surface area contributed by atoms with Crippen LogP contribution in [0.3, 0.4) is 0 Å². The van der Waals surface area contributed by atoms with Gasteiger partial charge in [-0.1, -0.05) is 12.1 Å². The summed E-state index contributed by atoms with van der Waals surface area (Å²) in [5.41, 5.74) is 2.58. The highest BCUT2D eigenvalue weighted by atomic mass is 16.5. The third-order valence-corrected chi connectivity index (χ3v) is 4.72. The summed E-state index contributed by atoms with van der Waals surface area (Å²) in [6, 6.07) is 12.9. The second-order valence-electron chi connectivity index (χ2n) is 7.20. The van der Waals surface area contributed by atoms with Crippen LogP contribution in [-0.2, 0) is 9.59 Å². The molecule has 30 heavy (non-hydrogen) atoms. The minimum atomic E-state index is -0.748. The average molecular weight is 415 g/mol. The highest BCUT2D eigenvalue weighted by molar-refractivity contribution is 6.39. The smallest absolute Gasteiger partial charge is 0.313 e. The maximum absolute atomic E-state index is 12.3. The van der Waals surface area contributed by atoms with Gasteiger partial charge in [0.05, 0.1) is 20.3 Å². The molecular weight excluding hydrogens is 384 g/mol. The van der Waals surface area contributed by atoms with E-state index in [-0.39, 0.29) is 6.04 Å². The Morgan fingerprint density at radius 3 is 2.07 bits per heavy atom. The van der Waals surface area contributed by atoms with Gasteiger partial charge in [0.1, 0.15) is 0 Å². The Hall–Kier alpha value is -3.26. The number of nitrogens with zero attached hydrogens (tertiary/aromatic N) is 2. The van der Waals surface area contributed by atoms with Crippen LogP contribution in [0.1, 0.15) is 11.6 Å². The van der Waals surface area contributed by atoms with Crippen LogP contribution < -0.4 is 25.0 Å². The maximum atomic E-state index is 12.3. The summed E-state index contributed by atoms with van der Waals surface area (Å²) in [4.78, 5) is 28.6. The van der Waals surface area contributed by atoms with Crippen LogP contribution >= 0.6 is 0 Å². The van der Waals surface area contributed by atoms with Gasteiger partial charge in [0, 0.05) is 38.1 Å². The standard InChI is InChI=1S/C22H30N4O4/c1-25(2)17-10-7-15(8-11-17)18(26(3)4)14-23-21(27)22(28)24-16-9-12-19(29-5)20(13-16)30-6/h7-13,18H,14H2,1-6H3,(H,23,27)(H,24,28)/t18-/m1/s1. The molecule has 0 unspecified atom stereocenters. The van der Waals surface area contributed by atoms with Crippen molar-refractivity contribution in [2.45, 2.75) is 6.04 Å². The minimum Gasteiger partial charge on any atom is -0.493 e. The number of carbonyl (C=O) groups excluding carboxylic acids is 2. The van der Waals surface area contributed by atoms with Crippen molar-refractivity contribution < 1.29 is 19.1 Å². The SMILES string of the molecule is COc1ccc(NC(=O)C(=O)NC[C@H](c2ccc(N(C)C)cc2)N(C)C)cc1OC. The second-order valence-corrected chi connectivity index (χ2v) is 7.20. The van der Waals surface area contributed by atoms with Crippen molar-refractivity contribution in [3.63, 3.8) is 0 Å². The van der Waals surface area contributed by atoms with Crippen molar-refractivity contribution in [2.24, 2.45) is 0 Å². The van der Waals surface area contributed by atoms with Crippen LogP contribution in [-0.4, -0.2) is 65.7 Å². The van der Waals surface area contributed by atoms with E-state index in [0.717, 1.165) is 11.3 Å². The molecule has 2 amide bonds. The minimum absolute atomic E-state index is 0.0703. The van der Waals surface area contributed by atoms with Crippen molar-refractivity contribution in [3.8, 4) is 11.5 Å². The Morgan fingerprint density at radius 1 is 0.900 bits per heavy atom. The predicted molar refractivity (Wildman–Crippen MR) is 118 cm³/mol. The van der Waals surface area contributed by atoms with Gasteiger partial charge < -0.3 is 29.9 Å². The van der Waals surface area contributed by atoms with Crippen LogP contribution in [0, 0.1) is 0 Å². The Balaban J connectivity index is 2.00. The van der Waals surface area contributed by atoms with Gasteiger partial charge in [0.25, 0.3) is 0 Å². The highest BCUT2D eigenvalue weighted by Crippen LogP contribution is 2.29. The van der Waals surface area contributed by atoms with E-state index in [2.05, 4.69) is 10.6 Å². The van der Waals surface area contributed by atoms with Crippen molar-refractivity contribution in [2.75, 3.05) is 59.2 Å². The number of amides is 2. The Kier molecular flexibility index (Phi) is 8.06. The molecule has 0 aliphatic rings. The monoisotopic (exact) mass is 414 g/mol. The molecule has 0 heterocycles. The summed E-state index contributed by atoms with van der Waals surface area (Å²) in [5, 5.41) is 5.29. The van der Waals surface area contributed by atoms with E-state index in [1.807, 2.05) is 62.3 Å². The molecule has 162 valence electrons. The zero-order valence-electron chi connectivity index (χ0n) is 18.4. The fourth-order valence-electron chi connectivity index (χ4n) is 2.96. The van der Waals surface area contributed by atoms with Gasteiger partial charge in [-0.2, -0.15) is 0 Å². The normalized spacial score (nSPS) is 11.6. The number of ether oxygens (including phenoxy) is 2. The second kappa shape index (κ2) is 10.5. The Bertz CT molecular complexity index is 866. The van der Waals surface area contributed by atoms with E-state index in [1.165, 1.54) is 14.2 Å². The van der Waals surface area contributed by atoms with Gasteiger partial charge >= 0.3 is 11.8 Å². The molecule has 8 heteroatoms. The lowest BCUT2D eigenvalue weighted by Crippen LogP contribution is -2.40. The zero-order chi connectivity index (χ0) is 22.3.